The fraction of sp³-hybridized carbons (Fsp3) is 0.200. The lowest BCUT2D eigenvalue weighted by molar-refractivity contribution is -0.132. The van der Waals surface area contributed by atoms with E-state index in [1.165, 1.54) is 16.0 Å². The first-order chi connectivity index (χ1) is 11.7. The molecule has 3 aromatic heterocycles. The van der Waals surface area contributed by atoms with Gasteiger partial charge in [0.25, 0.3) is 0 Å². The van der Waals surface area contributed by atoms with Gasteiger partial charge in [-0.3, -0.25) is 4.79 Å². The number of hydrogen-bond donors (Lipinski definition) is 0. The van der Waals surface area contributed by atoms with Gasteiger partial charge < -0.3 is 4.90 Å². The molecule has 0 fully saturated rings. The van der Waals surface area contributed by atoms with Crippen molar-refractivity contribution in [1.82, 2.24) is 24.7 Å². The Morgan fingerprint density at radius 3 is 2.71 bits per heavy atom. The van der Waals surface area contributed by atoms with Gasteiger partial charge in [-0.1, -0.05) is 12.1 Å². The van der Waals surface area contributed by atoms with Gasteiger partial charge >= 0.3 is 5.69 Å². The Labute approximate surface area is 146 Å². The summed E-state index contributed by atoms with van der Waals surface area (Å²) in [6, 6.07) is 7.50. The van der Waals surface area contributed by atoms with Crippen LogP contribution >= 0.6 is 22.7 Å². The fourth-order valence-electron chi connectivity index (χ4n) is 2.13. The molecule has 3 rings (SSSR count). The highest BCUT2D eigenvalue weighted by Crippen LogP contribution is 2.13. The van der Waals surface area contributed by atoms with Crippen LogP contribution in [0.4, 0.5) is 0 Å². The van der Waals surface area contributed by atoms with E-state index in [1.54, 1.807) is 28.4 Å². The number of thiophene rings is 2. The Bertz CT molecular complexity index is 864. The summed E-state index contributed by atoms with van der Waals surface area (Å²) in [5.41, 5.74) is -0.430. The highest BCUT2D eigenvalue weighted by atomic mass is 32.1. The van der Waals surface area contributed by atoms with Crippen LogP contribution in [0.3, 0.4) is 0 Å². The van der Waals surface area contributed by atoms with Crippen molar-refractivity contribution >= 4 is 28.6 Å². The summed E-state index contributed by atoms with van der Waals surface area (Å²) in [6.45, 7) is 4.43. The Morgan fingerprint density at radius 1 is 1.25 bits per heavy atom. The van der Waals surface area contributed by atoms with Gasteiger partial charge in [-0.25, -0.2) is 4.79 Å². The highest BCUT2D eigenvalue weighted by Gasteiger charge is 2.18. The minimum atomic E-state index is -0.430. The number of carbonyl (C=O) groups is 1. The van der Waals surface area contributed by atoms with Gasteiger partial charge in [0, 0.05) is 11.4 Å². The number of hydrogen-bond acceptors (Lipinski definition) is 6. The Balaban J connectivity index is 1.75. The van der Waals surface area contributed by atoms with Gasteiger partial charge in [-0.05, 0) is 39.4 Å². The molecule has 0 unspecified atom stereocenters. The van der Waals surface area contributed by atoms with Crippen LogP contribution in [0.2, 0.25) is 0 Å². The van der Waals surface area contributed by atoms with Crippen LogP contribution in [0.5, 0.6) is 0 Å². The molecule has 0 aromatic carbocycles. The van der Waals surface area contributed by atoms with Gasteiger partial charge in [0.2, 0.25) is 5.91 Å². The van der Waals surface area contributed by atoms with E-state index in [0.717, 1.165) is 9.56 Å². The Kier molecular flexibility index (Phi) is 5.02. The molecule has 0 aliphatic rings. The average molecular weight is 361 g/mol. The summed E-state index contributed by atoms with van der Waals surface area (Å²) < 4.78 is 2.27. The zero-order chi connectivity index (χ0) is 16.9. The zero-order valence-electron chi connectivity index (χ0n) is 12.7. The second-order valence-corrected chi connectivity index (χ2v) is 6.88. The van der Waals surface area contributed by atoms with Crippen LogP contribution in [0.25, 0.3) is 5.00 Å². The average Bonchev–Trinajstić information content (AvgIpc) is 3.30. The monoisotopic (exact) mass is 361 g/mol. The summed E-state index contributed by atoms with van der Waals surface area (Å²) in [5, 5.41) is 12.1. The smallest absolute Gasteiger partial charge is 0.332 e. The quantitative estimate of drug-likeness (QED) is 0.601. The third-order valence-corrected chi connectivity index (χ3v) is 4.97. The maximum absolute atomic E-state index is 12.5. The van der Waals surface area contributed by atoms with E-state index in [0.29, 0.717) is 18.1 Å². The van der Waals surface area contributed by atoms with Crippen LogP contribution in [0, 0.1) is 0 Å². The van der Waals surface area contributed by atoms with Gasteiger partial charge in [0.1, 0.15) is 11.5 Å². The topological polar surface area (TPSA) is 73.0 Å². The molecule has 124 valence electrons. The van der Waals surface area contributed by atoms with Gasteiger partial charge in [-0.15, -0.1) is 29.3 Å². The molecule has 1 amide bonds. The maximum Gasteiger partial charge on any atom is 0.369 e. The number of tetrazole rings is 1. The highest BCUT2D eigenvalue weighted by molar-refractivity contribution is 7.12. The standard InChI is InChI=1S/C15H15N5O2S2/c1-2-7-18(10-12-5-3-8-23-12)13(21)11-19-15(22)20(17-16-19)14-6-4-9-24-14/h2-6,8-9H,1,7,10-11H2. The van der Waals surface area contributed by atoms with Crippen molar-refractivity contribution in [3.63, 3.8) is 0 Å². The lowest BCUT2D eigenvalue weighted by Gasteiger charge is -2.19. The lowest BCUT2D eigenvalue weighted by Crippen LogP contribution is -2.36. The van der Waals surface area contributed by atoms with E-state index in [9.17, 15) is 9.59 Å². The Hall–Kier alpha value is -2.52. The van der Waals surface area contributed by atoms with E-state index in [4.69, 9.17) is 0 Å². The van der Waals surface area contributed by atoms with Gasteiger partial charge in [0.05, 0.1) is 6.54 Å². The van der Waals surface area contributed by atoms with Crippen LogP contribution in [0.1, 0.15) is 4.88 Å². The molecule has 0 radical (unpaired) electrons. The van der Waals surface area contributed by atoms with E-state index < -0.39 is 5.69 Å². The summed E-state index contributed by atoms with van der Waals surface area (Å²) in [6.07, 6.45) is 1.66. The second-order valence-electron chi connectivity index (χ2n) is 4.92. The first-order valence-corrected chi connectivity index (χ1v) is 8.92. The minimum Gasteiger partial charge on any atom is -0.332 e. The molecule has 0 atom stereocenters. The van der Waals surface area contributed by atoms with Crippen LogP contribution in [-0.4, -0.2) is 37.1 Å². The predicted molar refractivity (Wildman–Crippen MR) is 93.4 cm³/mol. The number of aromatic nitrogens is 4. The second kappa shape index (κ2) is 7.37. The molecule has 0 aliphatic carbocycles. The van der Waals surface area contributed by atoms with Crippen molar-refractivity contribution in [2.75, 3.05) is 6.54 Å². The van der Waals surface area contributed by atoms with E-state index in [-0.39, 0.29) is 12.5 Å². The molecular weight excluding hydrogens is 346 g/mol. The number of amides is 1. The number of rotatable bonds is 7. The SMILES string of the molecule is C=CCN(Cc1cccs1)C(=O)Cn1nnn(-c2cccs2)c1=O. The molecule has 0 N–H and O–H groups in total. The summed E-state index contributed by atoms with van der Waals surface area (Å²) in [4.78, 5) is 27.5. The van der Waals surface area contributed by atoms with E-state index in [2.05, 4.69) is 17.0 Å². The molecule has 24 heavy (non-hydrogen) atoms. The number of nitrogens with zero attached hydrogens (tertiary/aromatic N) is 5. The molecule has 9 heteroatoms. The summed E-state index contributed by atoms with van der Waals surface area (Å²) >= 11 is 2.96. The molecule has 0 saturated carbocycles. The van der Waals surface area contributed by atoms with Crippen LogP contribution < -0.4 is 5.69 Å². The van der Waals surface area contributed by atoms with Crippen LogP contribution in [-0.2, 0) is 17.9 Å². The van der Waals surface area contributed by atoms with E-state index >= 15 is 0 Å². The largest absolute Gasteiger partial charge is 0.369 e. The zero-order valence-corrected chi connectivity index (χ0v) is 14.4. The third-order valence-electron chi connectivity index (χ3n) is 3.27. The minimum absolute atomic E-state index is 0.149. The first-order valence-electron chi connectivity index (χ1n) is 7.17. The molecule has 3 aromatic rings. The summed E-state index contributed by atoms with van der Waals surface area (Å²) in [7, 11) is 0. The van der Waals surface area contributed by atoms with Crippen molar-refractivity contribution in [2.24, 2.45) is 0 Å². The molecule has 0 aliphatic heterocycles. The molecular formula is C15H15N5O2S2. The van der Waals surface area contributed by atoms with Crippen molar-refractivity contribution in [1.29, 1.82) is 0 Å². The first kappa shape index (κ1) is 16.3. The van der Waals surface area contributed by atoms with E-state index in [1.807, 2.05) is 29.0 Å². The lowest BCUT2D eigenvalue weighted by atomic mass is 10.3. The molecule has 7 nitrogen and oxygen atoms in total. The Morgan fingerprint density at radius 2 is 2.04 bits per heavy atom. The van der Waals surface area contributed by atoms with Crippen molar-refractivity contribution in [3.8, 4) is 5.00 Å². The normalized spacial score (nSPS) is 10.7. The van der Waals surface area contributed by atoms with Crippen molar-refractivity contribution < 1.29 is 4.79 Å². The number of carbonyl (C=O) groups excluding carboxylic acids is 1. The third kappa shape index (κ3) is 3.52. The van der Waals surface area contributed by atoms with Crippen molar-refractivity contribution in [3.05, 3.63) is 63.0 Å². The molecule has 0 saturated heterocycles. The van der Waals surface area contributed by atoms with Gasteiger partial charge in [-0.2, -0.15) is 9.36 Å². The molecule has 0 spiro atoms. The van der Waals surface area contributed by atoms with Gasteiger partial charge in [0.15, 0.2) is 0 Å². The molecule has 0 bridgehead atoms. The fourth-order valence-corrected chi connectivity index (χ4v) is 3.52. The maximum atomic E-state index is 12.5. The summed E-state index contributed by atoms with van der Waals surface area (Å²) in [5.74, 6) is -0.205. The van der Waals surface area contributed by atoms with Crippen LogP contribution in [0.15, 0.2) is 52.5 Å². The molecule has 3 heterocycles. The van der Waals surface area contributed by atoms with Crippen molar-refractivity contribution in [2.45, 2.75) is 13.1 Å². The predicted octanol–water partition coefficient (Wildman–Crippen LogP) is 1.77.